The number of rotatable bonds is 10. The normalized spacial score (nSPS) is 10.7. The van der Waals surface area contributed by atoms with Gasteiger partial charge in [-0.25, -0.2) is 4.39 Å². The van der Waals surface area contributed by atoms with Crippen LogP contribution in [0.1, 0.15) is 12.0 Å². The van der Waals surface area contributed by atoms with Gasteiger partial charge in [0.1, 0.15) is 11.6 Å². The van der Waals surface area contributed by atoms with Crippen molar-refractivity contribution in [1.29, 1.82) is 0 Å². The fraction of sp³-hybridized carbons (Fsp3) is 0.571. The van der Waals surface area contributed by atoms with Gasteiger partial charge in [0.05, 0.1) is 19.8 Å². The lowest BCUT2D eigenvalue weighted by atomic mass is 10.1. The van der Waals surface area contributed by atoms with E-state index in [4.69, 9.17) is 19.9 Å². The van der Waals surface area contributed by atoms with E-state index in [0.29, 0.717) is 45.1 Å². The number of benzene rings is 1. The highest BCUT2D eigenvalue weighted by molar-refractivity contribution is 5.34. The number of halogens is 1. The first-order chi connectivity index (χ1) is 9.27. The summed E-state index contributed by atoms with van der Waals surface area (Å²) in [6, 6.07) is 4.51. The third-order valence-electron chi connectivity index (χ3n) is 2.56. The Morgan fingerprint density at radius 3 is 2.74 bits per heavy atom. The maximum Gasteiger partial charge on any atom is 0.123 e. The molecule has 0 spiro atoms. The lowest BCUT2D eigenvalue weighted by Gasteiger charge is -2.11. The Hall–Kier alpha value is -1.17. The number of nitrogens with two attached hydrogens (primary N) is 1. The zero-order valence-electron chi connectivity index (χ0n) is 11.4. The van der Waals surface area contributed by atoms with Crippen LogP contribution in [0.3, 0.4) is 0 Å². The fourth-order valence-corrected chi connectivity index (χ4v) is 1.63. The van der Waals surface area contributed by atoms with E-state index in [1.807, 2.05) is 0 Å². The minimum atomic E-state index is -0.265. The molecule has 0 atom stereocenters. The first kappa shape index (κ1) is 15.9. The minimum absolute atomic E-state index is 0.265. The molecule has 0 saturated heterocycles. The van der Waals surface area contributed by atoms with E-state index in [1.165, 1.54) is 12.1 Å². The van der Waals surface area contributed by atoms with Crippen LogP contribution in [0.25, 0.3) is 0 Å². The van der Waals surface area contributed by atoms with Gasteiger partial charge in [0.15, 0.2) is 0 Å². The van der Waals surface area contributed by atoms with Gasteiger partial charge in [0.2, 0.25) is 0 Å². The fourth-order valence-electron chi connectivity index (χ4n) is 1.63. The molecular formula is C14H22FNO3. The molecule has 5 heteroatoms. The van der Waals surface area contributed by atoms with E-state index < -0.39 is 0 Å². The van der Waals surface area contributed by atoms with Gasteiger partial charge in [0.25, 0.3) is 0 Å². The first-order valence-corrected chi connectivity index (χ1v) is 6.46. The third kappa shape index (κ3) is 6.52. The molecule has 1 rings (SSSR count). The molecule has 1 aromatic carbocycles. The van der Waals surface area contributed by atoms with Crippen LogP contribution in [0, 0.1) is 5.82 Å². The summed E-state index contributed by atoms with van der Waals surface area (Å²) in [7, 11) is 1.64. The van der Waals surface area contributed by atoms with Crippen molar-refractivity contribution in [3.05, 3.63) is 29.6 Å². The van der Waals surface area contributed by atoms with Gasteiger partial charge < -0.3 is 19.9 Å². The molecule has 0 aliphatic rings. The van der Waals surface area contributed by atoms with Crippen LogP contribution in [-0.4, -0.2) is 40.1 Å². The van der Waals surface area contributed by atoms with Gasteiger partial charge in [-0.2, -0.15) is 0 Å². The number of ether oxygens (including phenoxy) is 3. The monoisotopic (exact) mass is 271 g/mol. The quantitative estimate of drug-likeness (QED) is 0.659. The smallest absolute Gasteiger partial charge is 0.123 e. The molecule has 0 aliphatic carbocycles. The molecule has 0 saturated carbocycles. The Morgan fingerprint density at radius 1 is 1.16 bits per heavy atom. The molecule has 4 nitrogen and oxygen atoms in total. The van der Waals surface area contributed by atoms with Crippen molar-refractivity contribution < 1.29 is 18.6 Å². The summed E-state index contributed by atoms with van der Waals surface area (Å²) in [5.41, 5.74) is 6.30. The highest BCUT2D eigenvalue weighted by atomic mass is 19.1. The van der Waals surface area contributed by atoms with E-state index in [0.717, 1.165) is 12.0 Å². The van der Waals surface area contributed by atoms with E-state index >= 15 is 0 Å². The van der Waals surface area contributed by atoms with Crippen molar-refractivity contribution in [2.24, 2.45) is 5.73 Å². The summed E-state index contributed by atoms with van der Waals surface area (Å²) in [6.45, 7) is 2.82. The Balaban J connectivity index is 2.28. The van der Waals surface area contributed by atoms with Crippen LogP contribution in [0.5, 0.6) is 5.75 Å². The molecule has 0 heterocycles. The van der Waals surface area contributed by atoms with Gasteiger partial charge in [-0.1, -0.05) is 0 Å². The largest absolute Gasteiger partial charge is 0.493 e. The third-order valence-corrected chi connectivity index (χ3v) is 2.56. The molecule has 0 aromatic heterocycles. The molecule has 0 unspecified atom stereocenters. The second-order valence-corrected chi connectivity index (χ2v) is 4.10. The maximum absolute atomic E-state index is 13.1. The van der Waals surface area contributed by atoms with Crippen LogP contribution < -0.4 is 10.5 Å². The predicted octanol–water partition coefficient (Wildman–Crippen LogP) is 1.76. The van der Waals surface area contributed by atoms with Gasteiger partial charge in [-0.15, -0.1) is 0 Å². The standard InChI is InChI=1S/C14H22FNO3/c1-17-9-10-18-7-2-8-19-14-4-3-13(15)11-12(14)5-6-16/h3-4,11H,2,5-10,16H2,1H3. The molecule has 0 fully saturated rings. The Morgan fingerprint density at radius 2 is 2.00 bits per heavy atom. The van der Waals surface area contributed by atoms with Crippen LogP contribution in [-0.2, 0) is 15.9 Å². The van der Waals surface area contributed by atoms with E-state index in [1.54, 1.807) is 13.2 Å². The zero-order valence-corrected chi connectivity index (χ0v) is 11.4. The molecular weight excluding hydrogens is 249 g/mol. The minimum Gasteiger partial charge on any atom is -0.493 e. The average molecular weight is 271 g/mol. The van der Waals surface area contributed by atoms with E-state index in [-0.39, 0.29) is 5.82 Å². The maximum atomic E-state index is 13.1. The van der Waals surface area contributed by atoms with Crippen LogP contribution >= 0.6 is 0 Å². The summed E-state index contributed by atoms with van der Waals surface area (Å²) in [4.78, 5) is 0. The molecule has 108 valence electrons. The summed E-state index contributed by atoms with van der Waals surface area (Å²) in [5, 5.41) is 0. The van der Waals surface area contributed by atoms with E-state index in [9.17, 15) is 4.39 Å². The Bertz CT molecular complexity index is 361. The van der Waals surface area contributed by atoms with Crippen molar-refractivity contribution in [3.8, 4) is 5.75 Å². The van der Waals surface area contributed by atoms with Crippen molar-refractivity contribution in [2.75, 3.05) is 40.1 Å². The number of methoxy groups -OCH3 is 1. The summed E-state index contributed by atoms with van der Waals surface area (Å²) >= 11 is 0. The number of hydrogen-bond donors (Lipinski definition) is 1. The Labute approximate surface area is 113 Å². The first-order valence-electron chi connectivity index (χ1n) is 6.46. The summed E-state index contributed by atoms with van der Waals surface area (Å²) in [5.74, 6) is 0.433. The van der Waals surface area contributed by atoms with Gasteiger partial charge in [-0.3, -0.25) is 0 Å². The van der Waals surface area contributed by atoms with Crippen molar-refractivity contribution in [1.82, 2.24) is 0 Å². The molecule has 1 aromatic rings. The van der Waals surface area contributed by atoms with E-state index in [2.05, 4.69) is 0 Å². The predicted molar refractivity (Wildman–Crippen MR) is 72.0 cm³/mol. The van der Waals surface area contributed by atoms with Gasteiger partial charge in [0, 0.05) is 20.1 Å². The average Bonchev–Trinajstić information content (AvgIpc) is 2.40. The Kier molecular flexibility index (Phi) is 8.13. The molecule has 0 amide bonds. The lowest BCUT2D eigenvalue weighted by Crippen LogP contribution is -2.09. The number of hydrogen-bond acceptors (Lipinski definition) is 4. The topological polar surface area (TPSA) is 53.7 Å². The molecule has 0 bridgehead atoms. The molecule has 2 N–H and O–H groups in total. The SMILES string of the molecule is COCCOCCCOc1ccc(F)cc1CCN. The zero-order chi connectivity index (χ0) is 13.9. The van der Waals surface area contributed by atoms with Gasteiger partial charge >= 0.3 is 0 Å². The van der Waals surface area contributed by atoms with Gasteiger partial charge in [-0.05, 0) is 36.7 Å². The summed E-state index contributed by atoms with van der Waals surface area (Å²) < 4.78 is 28.9. The van der Waals surface area contributed by atoms with Crippen molar-refractivity contribution in [2.45, 2.75) is 12.8 Å². The molecule has 0 radical (unpaired) electrons. The highest BCUT2D eigenvalue weighted by Gasteiger charge is 2.04. The summed E-state index contributed by atoms with van der Waals surface area (Å²) in [6.07, 6.45) is 1.39. The second kappa shape index (κ2) is 9.72. The van der Waals surface area contributed by atoms with Crippen molar-refractivity contribution in [3.63, 3.8) is 0 Å². The molecule has 19 heavy (non-hydrogen) atoms. The van der Waals surface area contributed by atoms with Crippen LogP contribution in [0.15, 0.2) is 18.2 Å². The van der Waals surface area contributed by atoms with Crippen LogP contribution in [0.2, 0.25) is 0 Å². The van der Waals surface area contributed by atoms with Crippen LogP contribution in [0.4, 0.5) is 4.39 Å². The van der Waals surface area contributed by atoms with Crippen molar-refractivity contribution >= 4 is 0 Å². The lowest BCUT2D eigenvalue weighted by molar-refractivity contribution is 0.0644. The second-order valence-electron chi connectivity index (χ2n) is 4.10. The highest BCUT2D eigenvalue weighted by Crippen LogP contribution is 2.20. The molecule has 0 aliphatic heterocycles.